The summed E-state index contributed by atoms with van der Waals surface area (Å²) in [6.07, 6.45) is 5.88. The minimum atomic E-state index is -0.632. The van der Waals surface area contributed by atoms with Crippen molar-refractivity contribution in [1.29, 1.82) is 0 Å². The quantitative estimate of drug-likeness (QED) is 0.437. The molecule has 1 fully saturated rings. The zero-order valence-electron chi connectivity index (χ0n) is 16.9. The first kappa shape index (κ1) is 21.4. The van der Waals surface area contributed by atoms with E-state index in [2.05, 4.69) is 28.9 Å². The smallest absolute Gasteiger partial charge is 0.267 e. The number of nitrogens with one attached hydrogen (secondary N) is 1. The van der Waals surface area contributed by atoms with Crippen LogP contribution < -0.4 is 5.48 Å². The number of piperazine rings is 1. The molecule has 1 aliphatic rings. The molecule has 7 heteroatoms. The number of benzene rings is 1. The van der Waals surface area contributed by atoms with Crippen LogP contribution in [0.15, 0.2) is 60.7 Å². The predicted molar refractivity (Wildman–Crippen MR) is 115 cm³/mol. The van der Waals surface area contributed by atoms with Crippen LogP contribution in [0.4, 0.5) is 0 Å². The number of hydrogen-bond acceptors (Lipinski definition) is 5. The van der Waals surface area contributed by atoms with Crippen LogP contribution in [-0.4, -0.2) is 58.0 Å². The van der Waals surface area contributed by atoms with Crippen molar-refractivity contribution in [2.75, 3.05) is 26.2 Å². The second-order valence-electron chi connectivity index (χ2n) is 6.97. The molecule has 1 saturated heterocycles. The third-order valence-corrected chi connectivity index (χ3v) is 5.10. The van der Waals surface area contributed by atoms with Crippen LogP contribution in [0.25, 0.3) is 12.2 Å². The van der Waals surface area contributed by atoms with Crippen molar-refractivity contribution in [2.24, 2.45) is 0 Å². The van der Waals surface area contributed by atoms with Crippen molar-refractivity contribution in [3.8, 4) is 0 Å². The van der Waals surface area contributed by atoms with Gasteiger partial charge in [-0.05, 0) is 36.4 Å². The summed E-state index contributed by atoms with van der Waals surface area (Å²) >= 11 is 0. The highest BCUT2D eigenvalue weighted by molar-refractivity contribution is 5.92. The van der Waals surface area contributed by atoms with Crippen LogP contribution >= 0.6 is 0 Å². The summed E-state index contributed by atoms with van der Waals surface area (Å²) in [6.45, 7) is 5.25. The van der Waals surface area contributed by atoms with Crippen molar-refractivity contribution >= 4 is 24.0 Å². The van der Waals surface area contributed by atoms with Gasteiger partial charge in [0, 0.05) is 31.8 Å². The average Bonchev–Trinajstić information content (AvgIpc) is 2.81. The van der Waals surface area contributed by atoms with Crippen LogP contribution in [-0.2, 0) is 9.59 Å². The van der Waals surface area contributed by atoms with E-state index in [4.69, 9.17) is 5.21 Å². The van der Waals surface area contributed by atoms with Gasteiger partial charge in [-0.2, -0.15) is 0 Å². The standard InChI is InChI=1S/C23H26N4O3/c1-2-26-15-16-27(17-21(26)18-7-4-3-5-8-18)23(29)14-12-20-10-6-9-19(24-20)11-13-22(28)25-30/h3-14,21,30H,2,15-17H2,1H3,(H,25,28). The Morgan fingerprint density at radius 1 is 1.07 bits per heavy atom. The summed E-state index contributed by atoms with van der Waals surface area (Å²) in [6, 6.07) is 15.8. The van der Waals surface area contributed by atoms with E-state index in [0.29, 0.717) is 24.5 Å². The third-order valence-electron chi connectivity index (χ3n) is 5.10. The number of aromatic nitrogens is 1. The van der Waals surface area contributed by atoms with Gasteiger partial charge in [-0.15, -0.1) is 0 Å². The van der Waals surface area contributed by atoms with E-state index in [1.807, 2.05) is 23.1 Å². The topological polar surface area (TPSA) is 85.8 Å². The Morgan fingerprint density at radius 2 is 1.77 bits per heavy atom. The second-order valence-corrected chi connectivity index (χ2v) is 6.97. The monoisotopic (exact) mass is 406 g/mol. The molecule has 0 spiro atoms. The largest absolute Gasteiger partial charge is 0.336 e. The number of likely N-dealkylation sites (N-methyl/N-ethyl adjacent to an activating group) is 1. The zero-order chi connectivity index (χ0) is 21.3. The van der Waals surface area contributed by atoms with Gasteiger partial charge in [-0.25, -0.2) is 10.5 Å². The van der Waals surface area contributed by atoms with Crippen molar-refractivity contribution in [3.05, 3.63) is 77.6 Å². The number of rotatable bonds is 6. The van der Waals surface area contributed by atoms with E-state index in [9.17, 15) is 9.59 Å². The molecule has 1 aliphatic heterocycles. The Morgan fingerprint density at radius 3 is 2.43 bits per heavy atom. The minimum absolute atomic E-state index is 0.0471. The summed E-state index contributed by atoms with van der Waals surface area (Å²) in [5, 5.41) is 8.53. The highest BCUT2D eigenvalue weighted by atomic mass is 16.5. The van der Waals surface area contributed by atoms with E-state index in [1.165, 1.54) is 23.2 Å². The van der Waals surface area contributed by atoms with Gasteiger partial charge in [-0.1, -0.05) is 43.3 Å². The average molecular weight is 406 g/mol. The molecule has 2 aromatic rings. The lowest BCUT2D eigenvalue weighted by Crippen LogP contribution is -2.49. The SMILES string of the molecule is CCN1CCN(C(=O)C=Cc2cccc(C=CC(=O)NO)n2)CC1c1ccccc1. The Balaban J connectivity index is 1.67. The van der Waals surface area contributed by atoms with Gasteiger partial charge in [-0.3, -0.25) is 19.7 Å². The minimum Gasteiger partial charge on any atom is -0.336 e. The molecule has 1 aromatic carbocycles. The molecule has 2 amide bonds. The van der Waals surface area contributed by atoms with Crippen molar-refractivity contribution in [2.45, 2.75) is 13.0 Å². The molecule has 0 aliphatic carbocycles. The molecule has 3 rings (SSSR count). The van der Waals surface area contributed by atoms with Gasteiger partial charge < -0.3 is 4.90 Å². The number of pyridine rings is 1. The van der Waals surface area contributed by atoms with E-state index in [0.717, 1.165) is 13.1 Å². The van der Waals surface area contributed by atoms with E-state index in [1.54, 1.807) is 30.4 Å². The molecule has 30 heavy (non-hydrogen) atoms. The molecule has 156 valence electrons. The molecule has 2 heterocycles. The highest BCUT2D eigenvalue weighted by Gasteiger charge is 2.28. The number of amides is 2. The van der Waals surface area contributed by atoms with Crippen LogP contribution in [0.3, 0.4) is 0 Å². The number of nitrogens with zero attached hydrogens (tertiary/aromatic N) is 3. The normalized spacial score (nSPS) is 17.5. The predicted octanol–water partition coefficient (Wildman–Crippen LogP) is 2.52. The molecule has 7 nitrogen and oxygen atoms in total. The van der Waals surface area contributed by atoms with Gasteiger partial charge in [0.2, 0.25) is 5.91 Å². The second kappa shape index (κ2) is 10.5. The number of carbonyl (C=O) groups is 2. The lowest BCUT2D eigenvalue weighted by Gasteiger charge is -2.41. The summed E-state index contributed by atoms with van der Waals surface area (Å²) in [5.41, 5.74) is 3.91. The fourth-order valence-corrected chi connectivity index (χ4v) is 3.51. The van der Waals surface area contributed by atoms with Crippen molar-refractivity contribution in [1.82, 2.24) is 20.3 Å². The maximum absolute atomic E-state index is 12.8. The molecule has 1 atom stereocenters. The molecule has 1 aromatic heterocycles. The number of hydroxylamine groups is 1. The Labute approximate surface area is 176 Å². The van der Waals surface area contributed by atoms with E-state index < -0.39 is 5.91 Å². The van der Waals surface area contributed by atoms with Crippen molar-refractivity contribution in [3.63, 3.8) is 0 Å². The van der Waals surface area contributed by atoms with Gasteiger partial charge in [0.1, 0.15) is 0 Å². The van der Waals surface area contributed by atoms with E-state index >= 15 is 0 Å². The lowest BCUT2D eigenvalue weighted by molar-refractivity contribution is -0.129. The maximum Gasteiger partial charge on any atom is 0.267 e. The van der Waals surface area contributed by atoms with E-state index in [-0.39, 0.29) is 11.9 Å². The van der Waals surface area contributed by atoms with Gasteiger partial charge >= 0.3 is 0 Å². The van der Waals surface area contributed by atoms with Crippen LogP contribution in [0, 0.1) is 0 Å². The maximum atomic E-state index is 12.8. The first-order valence-electron chi connectivity index (χ1n) is 9.96. The molecule has 0 saturated carbocycles. The molecule has 0 radical (unpaired) electrons. The fourth-order valence-electron chi connectivity index (χ4n) is 3.51. The Hall–Kier alpha value is -3.29. The van der Waals surface area contributed by atoms with Crippen LogP contribution in [0.5, 0.6) is 0 Å². The molecule has 2 N–H and O–H groups in total. The first-order valence-corrected chi connectivity index (χ1v) is 9.96. The van der Waals surface area contributed by atoms with Crippen LogP contribution in [0.2, 0.25) is 0 Å². The molecule has 0 bridgehead atoms. The van der Waals surface area contributed by atoms with Gasteiger partial charge in [0.25, 0.3) is 5.91 Å². The van der Waals surface area contributed by atoms with Crippen molar-refractivity contribution < 1.29 is 14.8 Å². The number of carbonyl (C=O) groups excluding carboxylic acids is 2. The summed E-state index contributed by atoms with van der Waals surface area (Å²) in [5.74, 6) is -0.679. The lowest BCUT2D eigenvalue weighted by atomic mass is 10.0. The van der Waals surface area contributed by atoms with Gasteiger partial charge in [0.05, 0.1) is 17.4 Å². The summed E-state index contributed by atoms with van der Waals surface area (Å²) in [4.78, 5) is 32.5. The summed E-state index contributed by atoms with van der Waals surface area (Å²) in [7, 11) is 0. The number of hydrogen-bond donors (Lipinski definition) is 2. The Kier molecular flexibility index (Phi) is 7.48. The molecular weight excluding hydrogens is 380 g/mol. The third kappa shape index (κ3) is 5.62. The molecule has 1 unspecified atom stereocenters. The first-order chi connectivity index (χ1) is 14.6. The summed E-state index contributed by atoms with van der Waals surface area (Å²) < 4.78 is 0. The highest BCUT2D eigenvalue weighted by Crippen LogP contribution is 2.25. The fraction of sp³-hybridized carbons (Fsp3) is 0.261. The zero-order valence-corrected chi connectivity index (χ0v) is 16.9. The van der Waals surface area contributed by atoms with Gasteiger partial charge in [0.15, 0.2) is 0 Å². The van der Waals surface area contributed by atoms with Crippen LogP contribution in [0.1, 0.15) is 29.9 Å². The molecular formula is C23H26N4O3. The Bertz CT molecular complexity index is 927.